The summed E-state index contributed by atoms with van der Waals surface area (Å²) < 4.78 is 0. The van der Waals surface area contributed by atoms with E-state index in [2.05, 4.69) is 38.4 Å². The average molecular weight is 424 g/mol. The van der Waals surface area contributed by atoms with Crippen molar-refractivity contribution in [2.75, 3.05) is 25.0 Å². The van der Waals surface area contributed by atoms with Gasteiger partial charge in [0.05, 0.1) is 11.2 Å². The van der Waals surface area contributed by atoms with Gasteiger partial charge in [0.25, 0.3) is 6.47 Å². The number of likely N-dealkylation sites (tertiary alicyclic amines) is 1. The van der Waals surface area contributed by atoms with Crippen molar-refractivity contribution in [3.8, 4) is 11.3 Å². The van der Waals surface area contributed by atoms with Crippen LogP contribution in [0.5, 0.6) is 0 Å². The number of rotatable bonds is 6. The number of piperidine rings is 1. The molecule has 3 N–H and O–H groups in total. The van der Waals surface area contributed by atoms with Crippen LogP contribution in [0.15, 0.2) is 42.6 Å². The Bertz CT molecular complexity index is 998. The van der Waals surface area contributed by atoms with Gasteiger partial charge in [0, 0.05) is 36.2 Å². The zero-order valence-corrected chi connectivity index (χ0v) is 17.8. The van der Waals surface area contributed by atoms with Crippen LogP contribution in [0.2, 0.25) is 0 Å². The van der Waals surface area contributed by atoms with Crippen LogP contribution in [0.4, 0.5) is 5.82 Å². The maximum Gasteiger partial charge on any atom is 0.290 e. The summed E-state index contributed by atoms with van der Waals surface area (Å²) in [7, 11) is 0. The van der Waals surface area contributed by atoms with Crippen LogP contribution in [0.1, 0.15) is 32.6 Å². The lowest BCUT2D eigenvalue weighted by Gasteiger charge is -2.28. The van der Waals surface area contributed by atoms with E-state index in [9.17, 15) is 4.79 Å². The number of amides is 1. The van der Waals surface area contributed by atoms with Gasteiger partial charge < -0.3 is 15.3 Å². The number of hydrogen-bond donors (Lipinski definition) is 3. The number of nitrogens with one attached hydrogen (secondary N) is 2. The lowest BCUT2D eigenvalue weighted by Crippen LogP contribution is -2.34. The molecule has 8 nitrogen and oxygen atoms in total. The largest absolute Gasteiger partial charge is 0.483 e. The van der Waals surface area contributed by atoms with Crippen molar-refractivity contribution in [1.82, 2.24) is 20.1 Å². The van der Waals surface area contributed by atoms with E-state index in [-0.39, 0.29) is 12.4 Å². The van der Waals surface area contributed by atoms with Gasteiger partial charge in [-0.25, -0.2) is 0 Å². The third kappa shape index (κ3) is 6.62. The van der Waals surface area contributed by atoms with Crippen LogP contribution >= 0.6 is 0 Å². The molecular formula is C23H29N5O3. The molecule has 0 saturated carbocycles. The molecule has 1 amide bonds. The van der Waals surface area contributed by atoms with E-state index >= 15 is 0 Å². The molecule has 0 aliphatic carbocycles. The summed E-state index contributed by atoms with van der Waals surface area (Å²) in [6, 6.07) is 11.9. The Kier molecular flexibility index (Phi) is 8.12. The van der Waals surface area contributed by atoms with Gasteiger partial charge in [-0.2, -0.15) is 5.10 Å². The Labute approximate surface area is 181 Å². The molecule has 164 valence electrons. The predicted octanol–water partition coefficient (Wildman–Crippen LogP) is 3.78. The molecule has 1 saturated heterocycles. The number of carboxylic acid groups (broad SMARTS) is 1. The number of fused-ring (bicyclic) bond motifs is 1. The molecule has 4 rings (SSSR count). The zero-order chi connectivity index (χ0) is 22.1. The van der Waals surface area contributed by atoms with Crippen molar-refractivity contribution < 1.29 is 14.7 Å². The molecule has 31 heavy (non-hydrogen) atoms. The monoisotopic (exact) mass is 423 g/mol. The first-order chi connectivity index (χ1) is 15.1. The number of aromatic amines is 1. The molecule has 1 atom stereocenters. The maximum atomic E-state index is 12.4. The molecule has 0 bridgehead atoms. The van der Waals surface area contributed by atoms with Gasteiger partial charge in [0.15, 0.2) is 5.82 Å². The van der Waals surface area contributed by atoms with Crippen molar-refractivity contribution in [3.63, 3.8) is 0 Å². The van der Waals surface area contributed by atoms with Crippen LogP contribution in [-0.4, -0.2) is 57.2 Å². The van der Waals surface area contributed by atoms with Crippen LogP contribution in [0, 0.1) is 5.92 Å². The smallest absolute Gasteiger partial charge is 0.290 e. The third-order valence-corrected chi connectivity index (χ3v) is 5.31. The molecule has 0 spiro atoms. The highest BCUT2D eigenvalue weighted by Gasteiger charge is 2.16. The fourth-order valence-corrected chi connectivity index (χ4v) is 3.93. The fraction of sp³-hybridized carbons (Fsp3) is 0.391. The molecule has 1 aliphatic heterocycles. The number of hydrogen-bond acceptors (Lipinski definition) is 5. The van der Waals surface area contributed by atoms with Gasteiger partial charge >= 0.3 is 0 Å². The summed E-state index contributed by atoms with van der Waals surface area (Å²) in [5.74, 6) is 0.922. The van der Waals surface area contributed by atoms with E-state index in [1.165, 1.54) is 19.3 Å². The topological polar surface area (TPSA) is 111 Å². The molecule has 1 aromatic carbocycles. The number of benzene rings is 1. The van der Waals surface area contributed by atoms with Crippen LogP contribution in [0.25, 0.3) is 22.2 Å². The van der Waals surface area contributed by atoms with E-state index in [0.29, 0.717) is 18.2 Å². The third-order valence-electron chi connectivity index (χ3n) is 5.31. The van der Waals surface area contributed by atoms with Crippen LogP contribution in [-0.2, 0) is 9.59 Å². The van der Waals surface area contributed by atoms with E-state index in [1.807, 2.05) is 30.3 Å². The number of carbonyl (C=O) groups is 2. The Balaban J connectivity index is 0.000000858. The van der Waals surface area contributed by atoms with Gasteiger partial charge in [-0.3, -0.25) is 19.7 Å². The highest BCUT2D eigenvalue weighted by Crippen LogP contribution is 2.24. The van der Waals surface area contributed by atoms with E-state index in [1.54, 1.807) is 6.20 Å². The van der Waals surface area contributed by atoms with Gasteiger partial charge in [-0.15, -0.1) is 0 Å². The summed E-state index contributed by atoms with van der Waals surface area (Å²) in [5, 5.41) is 18.2. The standard InChI is InChI=1S/C22H27N5O.CH2O2/c1-16(15-27-10-3-2-4-11-27)12-22(28)24-21-14-20(25-26-21)18-7-8-19-17(13-18)6-5-9-23-19;2-1-3/h5-9,13-14,16H,2-4,10-12,15H2,1H3,(H2,24,25,26,28);1H,(H,2,3). The second-order valence-corrected chi connectivity index (χ2v) is 7.90. The average Bonchev–Trinajstić information content (AvgIpc) is 3.23. The normalized spacial score (nSPS) is 15.0. The molecule has 3 heterocycles. The Hall–Kier alpha value is -3.26. The minimum absolute atomic E-state index is 0.0188. The van der Waals surface area contributed by atoms with Gasteiger partial charge in [-0.05, 0) is 50.0 Å². The highest BCUT2D eigenvalue weighted by molar-refractivity contribution is 5.91. The van der Waals surface area contributed by atoms with Crippen molar-refractivity contribution in [1.29, 1.82) is 0 Å². The Morgan fingerprint density at radius 3 is 2.81 bits per heavy atom. The van der Waals surface area contributed by atoms with Gasteiger partial charge in [0.1, 0.15) is 0 Å². The molecule has 1 unspecified atom stereocenters. The van der Waals surface area contributed by atoms with E-state index < -0.39 is 0 Å². The lowest BCUT2D eigenvalue weighted by molar-refractivity contribution is -0.123. The molecule has 3 aromatic rings. The summed E-state index contributed by atoms with van der Waals surface area (Å²) in [6.07, 6.45) is 6.19. The number of aromatic nitrogens is 3. The molecule has 1 fully saturated rings. The van der Waals surface area contributed by atoms with Gasteiger partial charge in [-0.1, -0.05) is 25.5 Å². The lowest BCUT2D eigenvalue weighted by atomic mass is 10.0. The summed E-state index contributed by atoms with van der Waals surface area (Å²) in [6.45, 7) is 5.21. The zero-order valence-electron chi connectivity index (χ0n) is 17.8. The number of pyridine rings is 1. The second-order valence-electron chi connectivity index (χ2n) is 7.90. The van der Waals surface area contributed by atoms with E-state index in [0.717, 1.165) is 41.8 Å². The first-order valence-electron chi connectivity index (χ1n) is 10.6. The van der Waals surface area contributed by atoms with Crippen molar-refractivity contribution in [3.05, 3.63) is 42.6 Å². The quantitative estimate of drug-likeness (QED) is 0.520. The highest BCUT2D eigenvalue weighted by atomic mass is 16.3. The molecule has 2 aromatic heterocycles. The minimum atomic E-state index is -0.250. The minimum Gasteiger partial charge on any atom is -0.483 e. The molecule has 8 heteroatoms. The molecular weight excluding hydrogens is 394 g/mol. The maximum absolute atomic E-state index is 12.4. The number of nitrogens with zero attached hydrogens (tertiary/aromatic N) is 3. The summed E-state index contributed by atoms with van der Waals surface area (Å²) in [5.41, 5.74) is 2.86. The SMILES string of the molecule is CC(CC(=O)Nc1cc(-c2ccc3ncccc3c2)[nH]n1)CN1CCCCC1.O=CO. The fourth-order valence-electron chi connectivity index (χ4n) is 3.93. The van der Waals surface area contributed by atoms with Gasteiger partial charge in [0.2, 0.25) is 5.91 Å². The predicted molar refractivity (Wildman–Crippen MR) is 121 cm³/mol. The number of anilines is 1. The van der Waals surface area contributed by atoms with Crippen LogP contribution < -0.4 is 5.32 Å². The molecule has 0 radical (unpaired) electrons. The van der Waals surface area contributed by atoms with Crippen molar-refractivity contribution in [2.24, 2.45) is 5.92 Å². The van der Waals surface area contributed by atoms with Crippen molar-refractivity contribution >= 4 is 29.1 Å². The van der Waals surface area contributed by atoms with Crippen molar-refractivity contribution in [2.45, 2.75) is 32.6 Å². The first-order valence-corrected chi connectivity index (χ1v) is 10.6. The molecule has 1 aliphatic rings. The van der Waals surface area contributed by atoms with Crippen LogP contribution in [0.3, 0.4) is 0 Å². The number of carbonyl (C=O) groups excluding carboxylic acids is 1. The first kappa shape index (κ1) is 22.4. The Morgan fingerprint density at radius 1 is 1.26 bits per heavy atom. The Morgan fingerprint density at radius 2 is 2.03 bits per heavy atom. The second kappa shape index (κ2) is 11.2. The summed E-state index contributed by atoms with van der Waals surface area (Å²) >= 11 is 0. The number of H-pyrrole nitrogens is 1. The summed E-state index contributed by atoms with van der Waals surface area (Å²) in [4.78, 5) is 27.6. The van der Waals surface area contributed by atoms with E-state index in [4.69, 9.17) is 9.90 Å².